The molecule has 0 saturated heterocycles. The minimum Gasteiger partial charge on any atom is -0.395 e. The van der Waals surface area contributed by atoms with E-state index < -0.39 is 0 Å². The van der Waals surface area contributed by atoms with Crippen LogP contribution in [0, 0.1) is 0 Å². The van der Waals surface area contributed by atoms with E-state index >= 15 is 0 Å². The molecular formula is C13H16N2O2. The van der Waals surface area contributed by atoms with E-state index in [1.54, 1.807) is 0 Å². The highest BCUT2D eigenvalue weighted by Gasteiger charge is 2.07. The lowest BCUT2D eigenvalue weighted by molar-refractivity contribution is 0.280. The number of benzene rings is 1. The molecule has 2 N–H and O–H groups in total. The van der Waals surface area contributed by atoms with E-state index in [1.165, 1.54) is 0 Å². The van der Waals surface area contributed by atoms with E-state index in [1.807, 2.05) is 41.3 Å². The Kier molecular flexibility index (Phi) is 3.90. The number of aliphatic hydroxyl groups excluding tert-OH is 2. The van der Waals surface area contributed by atoms with Gasteiger partial charge in [-0.3, -0.25) is 0 Å². The van der Waals surface area contributed by atoms with Gasteiger partial charge in [0.25, 0.3) is 0 Å². The molecule has 0 atom stereocenters. The van der Waals surface area contributed by atoms with Gasteiger partial charge in [-0.1, -0.05) is 18.2 Å². The van der Waals surface area contributed by atoms with Gasteiger partial charge in [0.2, 0.25) is 0 Å². The van der Waals surface area contributed by atoms with Gasteiger partial charge in [-0.2, -0.15) is 0 Å². The molecule has 0 unspecified atom stereocenters. The molecule has 1 aromatic carbocycles. The molecule has 1 heterocycles. The predicted octanol–water partition coefficient (Wildman–Crippen LogP) is 1.03. The molecule has 4 heteroatoms. The maximum absolute atomic E-state index is 8.99. The Balaban J connectivity index is 2.32. The molecule has 0 radical (unpaired) electrons. The Morgan fingerprint density at radius 2 is 1.65 bits per heavy atom. The normalized spacial score (nSPS) is 10.7. The van der Waals surface area contributed by atoms with Crippen LogP contribution in [-0.4, -0.2) is 41.5 Å². The Labute approximate surface area is 100 Å². The Morgan fingerprint density at radius 3 is 2.35 bits per heavy atom. The lowest BCUT2D eigenvalue weighted by Gasteiger charge is -2.21. The van der Waals surface area contributed by atoms with Gasteiger partial charge >= 0.3 is 0 Å². The van der Waals surface area contributed by atoms with E-state index in [4.69, 9.17) is 10.2 Å². The van der Waals surface area contributed by atoms with Crippen LogP contribution in [0.1, 0.15) is 0 Å². The van der Waals surface area contributed by atoms with E-state index in [0.717, 1.165) is 16.7 Å². The molecular weight excluding hydrogens is 216 g/mol. The van der Waals surface area contributed by atoms with Crippen molar-refractivity contribution in [2.24, 2.45) is 0 Å². The Morgan fingerprint density at radius 1 is 0.941 bits per heavy atom. The van der Waals surface area contributed by atoms with Crippen LogP contribution in [0.2, 0.25) is 0 Å². The number of para-hydroxylation sites is 1. The molecule has 0 bridgehead atoms. The van der Waals surface area contributed by atoms with Crippen molar-refractivity contribution in [1.82, 2.24) is 4.98 Å². The summed E-state index contributed by atoms with van der Waals surface area (Å²) in [7, 11) is 0. The molecule has 0 aliphatic carbocycles. The van der Waals surface area contributed by atoms with Gasteiger partial charge < -0.3 is 15.1 Å². The number of nitrogens with zero attached hydrogens (tertiary/aromatic N) is 2. The maximum atomic E-state index is 8.99. The minimum atomic E-state index is 0.0501. The molecule has 0 saturated carbocycles. The zero-order chi connectivity index (χ0) is 12.1. The van der Waals surface area contributed by atoms with Crippen LogP contribution in [0.5, 0.6) is 0 Å². The molecule has 0 aliphatic rings. The number of hydrogen-bond donors (Lipinski definition) is 2. The SMILES string of the molecule is OCCN(CCO)c1ccc2ccccc2n1. The second kappa shape index (κ2) is 5.61. The molecule has 4 nitrogen and oxygen atoms in total. The largest absolute Gasteiger partial charge is 0.395 e. The monoisotopic (exact) mass is 232 g/mol. The van der Waals surface area contributed by atoms with Crippen LogP contribution >= 0.6 is 0 Å². The zero-order valence-electron chi connectivity index (χ0n) is 9.58. The summed E-state index contributed by atoms with van der Waals surface area (Å²) in [6.45, 7) is 1.06. The highest BCUT2D eigenvalue weighted by Crippen LogP contribution is 2.17. The fourth-order valence-electron chi connectivity index (χ4n) is 1.81. The summed E-state index contributed by atoms with van der Waals surface area (Å²) in [5.74, 6) is 0.784. The summed E-state index contributed by atoms with van der Waals surface area (Å²) in [5.41, 5.74) is 0.922. The summed E-state index contributed by atoms with van der Waals surface area (Å²) in [4.78, 5) is 6.38. The fraction of sp³-hybridized carbons (Fsp3) is 0.308. The minimum absolute atomic E-state index is 0.0501. The summed E-state index contributed by atoms with van der Waals surface area (Å²) < 4.78 is 0. The third-order valence-electron chi connectivity index (χ3n) is 2.65. The smallest absolute Gasteiger partial charge is 0.129 e. The van der Waals surface area contributed by atoms with E-state index in [2.05, 4.69) is 4.98 Å². The third kappa shape index (κ3) is 2.72. The van der Waals surface area contributed by atoms with Gasteiger partial charge in [-0.25, -0.2) is 4.98 Å². The van der Waals surface area contributed by atoms with Crippen molar-refractivity contribution in [3.05, 3.63) is 36.4 Å². The third-order valence-corrected chi connectivity index (χ3v) is 2.65. The second-order valence-electron chi connectivity index (χ2n) is 3.80. The van der Waals surface area contributed by atoms with Crippen molar-refractivity contribution in [2.75, 3.05) is 31.2 Å². The number of pyridine rings is 1. The number of anilines is 1. The van der Waals surface area contributed by atoms with Crippen molar-refractivity contribution < 1.29 is 10.2 Å². The average molecular weight is 232 g/mol. The van der Waals surface area contributed by atoms with Gasteiger partial charge in [-0.15, -0.1) is 0 Å². The number of rotatable bonds is 5. The maximum Gasteiger partial charge on any atom is 0.129 e. The molecule has 17 heavy (non-hydrogen) atoms. The average Bonchev–Trinajstić information content (AvgIpc) is 2.38. The van der Waals surface area contributed by atoms with E-state index in [0.29, 0.717) is 13.1 Å². The quantitative estimate of drug-likeness (QED) is 0.808. The number of aromatic nitrogens is 1. The van der Waals surface area contributed by atoms with Gasteiger partial charge in [0, 0.05) is 18.5 Å². The Hall–Kier alpha value is -1.65. The molecule has 1 aromatic heterocycles. The molecule has 0 spiro atoms. The summed E-state index contributed by atoms with van der Waals surface area (Å²) in [6, 6.07) is 11.8. The van der Waals surface area contributed by atoms with Gasteiger partial charge in [-0.05, 0) is 18.2 Å². The van der Waals surface area contributed by atoms with Crippen molar-refractivity contribution in [3.63, 3.8) is 0 Å². The first-order valence-electron chi connectivity index (χ1n) is 5.67. The number of fused-ring (bicyclic) bond motifs is 1. The summed E-state index contributed by atoms with van der Waals surface area (Å²) >= 11 is 0. The molecule has 0 amide bonds. The van der Waals surface area contributed by atoms with Crippen LogP contribution in [-0.2, 0) is 0 Å². The molecule has 2 rings (SSSR count). The van der Waals surface area contributed by atoms with Crippen molar-refractivity contribution in [2.45, 2.75) is 0 Å². The van der Waals surface area contributed by atoms with E-state index in [9.17, 15) is 0 Å². The zero-order valence-corrected chi connectivity index (χ0v) is 9.58. The van der Waals surface area contributed by atoms with Crippen LogP contribution < -0.4 is 4.90 Å². The molecule has 90 valence electrons. The van der Waals surface area contributed by atoms with Gasteiger partial charge in [0.15, 0.2) is 0 Å². The van der Waals surface area contributed by atoms with Crippen LogP contribution in [0.15, 0.2) is 36.4 Å². The first-order chi connectivity index (χ1) is 8.35. The second-order valence-corrected chi connectivity index (χ2v) is 3.80. The first kappa shape index (κ1) is 11.8. The molecule has 0 aliphatic heterocycles. The lowest BCUT2D eigenvalue weighted by Crippen LogP contribution is -2.30. The molecule has 2 aromatic rings. The highest BCUT2D eigenvalue weighted by atomic mass is 16.3. The topological polar surface area (TPSA) is 56.6 Å². The fourth-order valence-corrected chi connectivity index (χ4v) is 1.81. The van der Waals surface area contributed by atoms with Gasteiger partial charge in [0.05, 0.1) is 18.7 Å². The summed E-state index contributed by atoms with van der Waals surface area (Å²) in [6.07, 6.45) is 0. The lowest BCUT2D eigenvalue weighted by atomic mass is 10.2. The molecule has 0 fully saturated rings. The Bertz CT molecular complexity index is 482. The van der Waals surface area contributed by atoms with Crippen molar-refractivity contribution >= 4 is 16.7 Å². The summed E-state index contributed by atoms with van der Waals surface area (Å²) in [5, 5.41) is 19.1. The highest BCUT2D eigenvalue weighted by molar-refractivity contribution is 5.80. The first-order valence-corrected chi connectivity index (χ1v) is 5.67. The standard InChI is InChI=1S/C13H16N2O2/c16-9-7-15(8-10-17)13-6-5-11-3-1-2-4-12(11)14-13/h1-6,16-17H,7-10H2. The van der Waals surface area contributed by atoms with E-state index in [-0.39, 0.29) is 13.2 Å². The van der Waals surface area contributed by atoms with Crippen molar-refractivity contribution in [3.8, 4) is 0 Å². The predicted molar refractivity (Wildman–Crippen MR) is 68.1 cm³/mol. The van der Waals surface area contributed by atoms with Crippen LogP contribution in [0.25, 0.3) is 10.9 Å². The van der Waals surface area contributed by atoms with Gasteiger partial charge in [0.1, 0.15) is 5.82 Å². The number of aliphatic hydroxyl groups is 2. The number of hydrogen-bond acceptors (Lipinski definition) is 4. The van der Waals surface area contributed by atoms with Crippen LogP contribution in [0.4, 0.5) is 5.82 Å². The van der Waals surface area contributed by atoms with Crippen molar-refractivity contribution in [1.29, 1.82) is 0 Å². The van der Waals surface area contributed by atoms with Crippen LogP contribution in [0.3, 0.4) is 0 Å².